The summed E-state index contributed by atoms with van der Waals surface area (Å²) in [6.45, 7) is 0. The van der Waals surface area contributed by atoms with Crippen molar-refractivity contribution in [1.82, 2.24) is 15.4 Å². The van der Waals surface area contributed by atoms with Crippen molar-refractivity contribution < 1.29 is 9.50 Å². The van der Waals surface area contributed by atoms with Gasteiger partial charge < -0.3 is 5.11 Å². The van der Waals surface area contributed by atoms with Crippen molar-refractivity contribution in [2.45, 2.75) is 12.0 Å². The van der Waals surface area contributed by atoms with Gasteiger partial charge in [0.1, 0.15) is 15.9 Å². The smallest absolute Gasteiger partial charge is 0.123 e. The van der Waals surface area contributed by atoms with Gasteiger partial charge in [0.15, 0.2) is 0 Å². The first-order valence-corrected chi connectivity index (χ1v) is 6.13. The lowest BCUT2D eigenvalue weighted by molar-refractivity contribution is 0.0886. The Hall–Kier alpha value is -1.43. The van der Waals surface area contributed by atoms with Gasteiger partial charge in [0.25, 0.3) is 0 Å². The van der Waals surface area contributed by atoms with Gasteiger partial charge in [0.05, 0.1) is 5.69 Å². The Morgan fingerprint density at radius 2 is 2.05 bits per heavy atom. The molecule has 0 radical (unpaired) electrons. The highest BCUT2D eigenvalue weighted by Crippen LogP contribution is 2.30. The maximum absolute atomic E-state index is 12.9. The highest BCUT2D eigenvalue weighted by molar-refractivity contribution is 6.55. The van der Waals surface area contributed by atoms with Crippen LogP contribution < -0.4 is 0 Å². The van der Waals surface area contributed by atoms with Crippen molar-refractivity contribution in [2.24, 2.45) is 0 Å². The van der Waals surface area contributed by atoms with Crippen LogP contribution in [-0.4, -0.2) is 20.5 Å². The van der Waals surface area contributed by atoms with Crippen molar-refractivity contribution in [3.05, 3.63) is 58.1 Å². The number of benzene rings is 1. The van der Waals surface area contributed by atoms with Crippen LogP contribution in [0.25, 0.3) is 0 Å². The van der Waals surface area contributed by atoms with Gasteiger partial charge in [-0.25, -0.2) is 4.39 Å². The number of aliphatic hydroxyl groups is 1. The minimum Gasteiger partial charge on any atom is -0.381 e. The Morgan fingerprint density at radius 3 is 2.58 bits per heavy atom. The number of halogens is 3. The third-order valence-electron chi connectivity index (χ3n) is 2.61. The third-order valence-corrected chi connectivity index (χ3v) is 2.83. The minimum atomic E-state index is -1.48. The molecule has 1 heterocycles. The zero-order valence-electron chi connectivity index (χ0n) is 9.65. The van der Waals surface area contributed by atoms with Crippen LogP contribution in [0, 0.1) is 5.82 Å². The maximum Gasteiger partial charge on any atom is 0.123 e. The molecule has 1 atom stereocenters. The van der Waals surface area contributed by atoms with E-state index in [1.165, 1.54) is 30.3 Å². The first kappa shape index (κ1) is 14.0. The molecule has 1 aromatic carbocycles. The summed E-state index contributed by atoms with van der Waals surface area (Å²) in [6, 6.07) is 5.42. The normalized spacial score (nSPS) is 13.9. The number of nitrogens with zero attached hydrogens (tertiary/aromatic N) is 2. The molecule has 2 rings (SSSR count). The van der Waals surface area contributed by atoms with Crippen LogP contribution in [0.15, 0.2) is 41.0 Å². The predicted octanol–water partition coefficient (Wildman–Crippen LogP) is 2.69. The van der Waals surface area contributed by atoms with Gasteiger partial charge in [-0.3, -0.25) is 5.10 Å². The van der Waals surface area contributed by atoms with Crippen LogP contribution >= 0.6 is 23.2 Å². The molecule has 2 N–H and O–H groups in total. The minimum absolute atomic E-state index is 0.0877. The summed E-state index contributed by atoms with van der Waals surface area (Å²) in [5.74, 6) is -0.395. The van der Waals surface area contributed by atoms with Crippen LogP contribution in [0.3, 0.4) is 0 Å². The molecule has 0 bridgehead atoms. The first-order chi connectivity index (χ1) is 8.99. The molecule has 0 aliphatic carbocycles. The lowest BCUT2D eigenvalue weighted by Gasteiger charge is -2.24. The zero-order valence-corrected chi connectivity index (χ0v) is 11.2. The average molecular weight is 302 g/mol. The Labute approximate surface area is 118 Å². The SMILES string of the molecule is OC(C=C(Cl)Cl)(Cc1c[nH]nn1)c1ccc(F)cc1. The van der Waals surface area contributed by atoms with E-state index in [9.17, 15) is 9.50 Å². The molecule has 0 aliphatic heterocycles. The van der Waals surface area contributed by atoms with Gasteiger partial charge in [-0.05, 0) is 23.8 Å². The summed E-state index contributed by atoms with van der Waals surface area (Å²) in [5, 5.41) is 20.6. The Balaban J connectivity index is 2.39. The van der Waals surface area contributed by atoms with Gasteiger partial charge in [-0.2, -0.15) is 0 Å². The van der Waals surface area contributed by atoms with Crippen molar-refractivity contribution in [2.75, 3.05) is 0 Å². The molecule has 2 aromatic rings. The average Bonchev–Trinajstić information content (AvgIpc) is 2.81. The van der Waals surface area contributed by atoms with Gasteiger partial charge in [0.2, 0.25) is 0 Å². The lowest BCUT2D eigenvalue weighted by atomic mass is 9.89. The molecule has 0 spiro atoms. The Bertz CT molecular complexity index is 567. The van der Waals surface area contributed by atoms with Crippen LogP contribution in [0.4, 0.5) is 4.39 Å². The molecule has 19 heavy (non-hydrogen) atoms. The molecule has 1 aromatic heterocycles. The summed E-state index contributed by atoms with van der Waals surface area (Å²) in [4.78, 5) is 0. The van der Waals surface area contributed by atoms with Crippen molar-refractivity contribution in [3.63, 3.8) is 0 Å². The van der Waals surface area contributed by atoms with E-state index in [2.05, 4.69) is 15.4 Å². The van der Waals surface area contributed by atoms with E-state index in [0.717, 1.165) is 0 Å². The molecule has 0 amide bonds. The largest absolute Gasteiger partial charge is 0.381 e. The van der Waals surface area contributed by atoms with E-state index in [4.69, 9.17) is 23.2 Å². The molecule has 0 aliphatic rings. The molecule has 0 fully saturated rings. The van der Waals surface area contributed by atoms with Crippen LogP contribution in [-0.2, 0) is 12.0 Å². The van der Waals surface area contributed by atoms with Gasteiger partial charge in [0, 0.05) is 12.6 Å². The molecular weight excluding hydrogens is 292 g/mol. The number of aromatic amines is 1. The highest BCUT2D eigenvalue weighted by atomic mass is 35.5. The fourth-order valence-electron chi connectivity index (χ4n) is 1.74. The van der Waals surface area contributed by atoms with Crippen LogP contribution in [0.2, 0.25) is 0 Å². The number of rotatable bonds is 4. The second kappa shape index (κ2) is 5.69. The van der Waals surface area contributed by atoms with Crippen LogP contribution in [0.1, 0.15) is 11.3 Å². The first-order valence-electron chi connectivity index (χ1n) is 5.37. The number of hydrogen-bond acceptors (Lipinski definition) is 3. The van der Waals surface area contributed by atoms with Crippen molar-refractivity contribution in [1.29, 1.82) is 0 Å². The van der Waals surface area contributed by atoms with Crippen molar-refractivity contribution >= 4 is 23.2 Å². The standard InChI is InChI=1S/C12H10Cl2FN3O/c13-11(14)6-12(19,5-10-7-16-18-17-10)8-1-3-9(15)4-2-8/h1-4,6-7,19H,5H2,(H,16,17,18). The second-order valence-corrected chi connectivity index (χ2v) is 5.01. The molecule has 0 saturated carbocycles. The quantitative estimate of drug-likeness (QED) is 0.913. The highest BCUT2D eigenvalue weighted by Gasteiger charge is 2.29. The molecule has 100 valence electrons. The lowest BCUT2D eigenvalue weighted by Crippen LogP contribution is -2.26. The number of hydrogen-bond donors (Lipinski definition) is 2. The van der Waals surface area contributed by atoms with E-state index < -0.39 is 11.4 Å². The molecule has 0 saturated heterocycles. The fourth-order valence-corrected chi connectivity index (χ4v) is 2.10. The predicted molar refractivity (Wildman–Crippen MR) is 70.2 cm³/mol. The monoisotopic (exact) mass is 301 g/mol. The maximum atomic E-state index is 12.9. The van der Waals surface area contributed by atoms with E-state index >= 15 is 0 Å². The summed E-state index contributed by atoms with van der Waals surface area (Å²) in [5.41, 5.74) is -0.503. The van der Waals surface area contributed by atoms with Gasteiger partial charge in [-0.15, -0.1) is 5.10 Å². The number of aromatic nitrogens is 3. The van der Waals surface area contributed by atoms with E-state index in [-0.39, 0.29) is 10.9 Å². The summed E-state index contributed by atoms with van der Waals surface area (Å²) in [7, 11) is 0. The van der Waals surface area contributed by atoms with Gasteiger partial charge >= 0.3 is 0 Å². The Kier molecular flexibility index (Phi) is 4.19. The summed E-state index contributed by atoms with van der Waals surface area (Å²) >= 11 is 11.3. The van der Waals surface area contributed by atoms with E-state index in [1.54, 1.807) is 6.20 Å². The molecule has 7 heteroatoms. The molecule has 4 nitrogen and oxygen atoms in total. The van der Waals surface area contributed by atoms with E-state index in [1.807, 2.05) is 0 Å². The third kappa shape index (κ3) is 3.53. The molecular formula is C12H10Cl2FN3O. The summed E-state index contributed by atoms with van der Waals surface area (Å²) in [6.07, 6.45) is 2.93. The van der Waals surface area contributed by atoms with Crippen LogP contribution in [0.5, 0.6) is 0 Å². The number of H-pyrrole nitrogens is 1. The second-order valence-electron chi connectivity index (χ2n) is 4.01. The van der Waals surface area contributed by atoms with Gasteiger partial charge in [-0.1, -0.05) is 40.5 Å². The number of nitrogens with one attached hydrogen (secondary N) is 1. The molecule has 1 unspecified atom stereocenters. The Morgan fingerprint density at radius 1 is 1.37 bits per heavy atom. The zero-order chi connectivity index (χ0) is 13.9. The fraction of sp³-hybridized carbons (Fsp3) is 0.167. The topological polar surface area (TPSA) is 61.8 Å². The van der Waals surface area contributed by atoms with E-state index in [0.29, 0.717) is 11.3 Å². The summed E-state index contributed by atoms with van der Waals surface area (Å²) < 4.78 is 12.9. The van der Waals surface area contributed by atoms with Crippen molar-refractivity contribution in [3.8, 4) is 0 Å².